The highest BCUT2D eigenvalue weighted by atomic mass is 35.7. The molecule has 0 radical (unpaired) electrons. The van der Waals surface area contributed by atoms with Crippen LogP contribution >= 0.6 is 10.7 Å². The molecule has 104 valence electrons. The Hall–Kier alpha value is -1.21. The van der Waals surface area contributed by atoms with Gasteiger partial charge in [-0.2, -0.15) is 0 Å². The van der Waals surface area contributed by atoms with Gasteiger partial charge in [0.25, 0.3) is 0 Å². The number of benzene rings is 1. The average Bonchev–Trinajstić information content (AvgIpc) is 2.65. The van der Waals surface area contributed by atoms with Crippen molar-refractivity contribution in [3.63, 3.8) is 0 Å². The van der Waals surface area contributed by atoms with Crippen LogP contribution in [0.15, 0.2) is 18.2 Å². The van der Waals surface area contributed by atoms with Crippen LogP contribution in [-0.4, -0.2) is 31.0 Å². The number of amides is 1. The Morgan fingerprint density at radius 1 is 1.32 bits per heavy atom. The third-order valence-corrected chi connectivity index (χ3v) is 4.80. The summed E-state index contributed by atoms with van der Waals surface area (Å²) >= 11 is 0. The summed E-state index contributed by atoms with van der Waals surface area (Å²) in [4.78, 5) is 12.9. The van der Waals surface area contributed by atoms with Gasteiger partial charge in [0.05, 0.1) is 0 Å². The van der Waals surface area contributed by atoms with Crippen molar-refractivity contribution < 1.29 is 22.0 Å². The molecule has 0 bridgehead atoms. The van der Waals surface area contributed by atoms with Crippen molar-refractivity contribution in [2.45, 2.75) is 18.2 Å². The maximum absolute atomic E-state index is 13.0. The molecule has 1 unspecified atom stereocenters. The topological polar surface area (TPSA) is 54.5 Å². The monoisotopic (exact) mass is 309 g/mol. The highest BCUT2D eigenvalue weighted by Crippen LogP contribution is 2.23. The molecule has 0 spiro atoms. The second kappa shape index (κ2) is 5.05. The van der Waals surface area contributed by atoms with Crippen LogP contribution in [0.5, 0.6) is 0 Å². The molecule has 1 saturated heterocycles. The fraction of sp³-hybridized carbons (Fsp3) is 0.364. The number of carbonyl (C=O) groups is 1. The minimum absolute atomic E-state index is 0.0267. The van der Waals surface area contributed by atoms with E-state index in [0.29, 0.717) is 5.56 Å². The molecule has 19 heavy (non-hydrogen) atoms. The van der Waals surface area contributed by atoms with Gasteiger partial charge in [-0.05, 0) is 17.7 Å². The number of nitrogens with zero attached hydrogens (tertiary/aromatic N) is 1. The van der Waals surface area contributed by atoms with Gasteiger partial charge in [0.15, 0.2) is 11.6 Å². The lowest BCUT2D eigenvalue weighted by atomic mass is 10.2. The summed E-state index contributed by atoms with van der Waals surface area (Å²) in [6.07, 6.45) is -0.185. The van der Waals surface area contributed by atoms with Gasteiger partial charge in [-0.3, -0.25) is 4.79 Å². The maximum Gasteiger partial charge on any atom is 0.237 e. The molecule has 1 aliphatic heterocycles. The lowest BCUT2D eigenvalue weighted by molar-refractivity contribution is -0.128. The normalized spacial score (nSPS) is 20.1. The van der Waals surface area contributed by atoms with Gasteiger partial charge in [0.1, 0.15) is 5.25 Å². The molecule has 0 N–H and O–H groups in total. The average molecular weight is 310 g/mol. The number of halogens is 3. The number of carbonyl (C=O) groups excluding carboxylic acids is 1. The van der Waals surface area contributed by atoms with Gasteiger partial charge >= 0.3 is 0 Å². The van der Waals surface area contributed by atoms with Crippen LogP contribution in [0.1, 0.15) is 12.0 Å². The van der Waals surface area contributed by atoms with Crippen LogP contribution in [0.4, 0.5) is 8.78 Å². The van der Waals surface area contributed by atoms with E-state index in [1.54, 1.807) is 0 Å². The summed E-state index contributed by atoms with van der Waals surface area (Å²) in [7, 11) is 1.40. The SMILES string of the molecule is O=C1CC(S(=O)(=O)Cl)CN1Cc1ccc(F)c(F)c1. The van der Waals surface area contributed by atoms with Gasteiger partial charge in [-0.15, -0.1) is 0 Å². The molecular formula is C11H10ClF2NO3S. The van der Waals surface area contributed by atoms with E-state index in [1.165, 1.54) is 11.0 Å². The van der Waals surface area contributed by atoms with Crippen molar-refractivity contribution in [3.8, 4) is 0 Å². The van der Waals surface area contributed by atoms with Gasteiger partial charge in [-0.1, -0.05) is 6.07 Å². The van der Waals surface area contributed by atoms with Gasteiger partial charge in [0.2, 0.25) is 15.0 Å². The third kappa shape index (κ3) is 3.22. The predicted molar refractivity (Wildman–Crippen MR) is 65.0 cm³/mol. The van der Waals surface area contributed by atoms with Crippen molar-refractivity contribution in [2.75, 3.05) is 6.54 Å². The molecule has 1 atom stereocenters. The van der Waals surface area contributed by atoms with Crippen LogP contribution < -0.4 is 0 Å². The quantitative estimate of drug-likeness (QED) is 0.798. The summed E-state index contributed by atoms with van der Waals surface area (Å²) in [5.74, 6) is -2.36. The van der Waals surface area contributed by atoms with E-state index in [9.17, 15) is 22.0 Å². The Bertz CT molecular complexity index is 620. The van der Waals surface area contributed by atoms with Gasteiger partial charge < -0.3 is 4.90 Å². The first-order valence-electron chi connectivity index (χ1n) is 5.42. The number of rotatable bonds is 3. The summed E-state index contributed by atoms with van der Waals surface area (Å²) in [6.45, 7) is -0.0113. The zero-order chi connectivity index (χ0) is 14.2. The zero-order valence-corrected chi connectivity index (χ0v) is 11.2. The molecule has 1 heterocycles. The molecule has 1 amide bonds. The van der Waals surface area contributed by atoms with Crippen molar-refractivity contribution in [3.05, 3.63) is 35.4 Å². The summed E-state index contributed by atoms with van der Waals surface area (Å²) < 4.78 is 48.1. The zero-order valence-electron chi connectivity index (χ0n) is 9.64. The van der Waals surface area contributed by atoms with Crippen LogP contribution in [0.3, 0.4) is 0 Å². The molecule has 0 aliphatic carbocycles. The van der Waals surface area contributed by atoms with Gasteiger partial charge in [-0.25, -0.2) is 17.2 Å². The van der Waals surface area contributed by atoms with E-state index in [4.69, 9.17) is 10.7 Å². The molecular weight excluding hydrogens is 300 g/mol. The second-order valence-electron chi connectivity index (χ2n) is 4.32. The Morgan fingerprint density at radius 3 is 2.53 bits per heavy atom. The standard InChI is InChI=1S/C11H10ClF2NO3S/c12-19(17,18)8-4-11(16)15(6-8)5-7-1-2-9(13)10(14)3-7/h1-3,8H,4-6H2. The molecule has 0 aromatic heterocycles. The lowest BCUT2D eigenvalue weighted by Gasteiger charge is -2.16. The van der Waals surface area contributed by atoms with Crippen molar-refractivity contribution >= 4 is 25.6 Å². The maximum atomic E-state index is 13.0. The third-order valence-electron chi connectivity index (χ3n) is 2.93. The molecule has 8 heteroatoms. The van der Waals surface area contributed by atoms with Crippen molar-refractivity contribution in [2.24, 2.45) is 0 Å². The minimum Gasteiger partial charge on any atom is -0.337 e. The van der Waals surface area contributed by atoms with E-state index in [1.807, 2.05) is 0 Å². The first-order valence-corrected chi connectivity index (χ1v) is 7.80. The molecule has 4 nitrogen and oxygen atoms in total. The van der Waals surface area contributed by atoms with Crippen LogP contribution in [0.25, 0.3) is 0 Å². The number of hydrogen-bond donors (Lipinski definition) is 0. The highest BCUT2D eigenvalue weighted by Gasteiger charge is 2.37. The molecule has 2 rings (SSSR count). The second-order valence-corrected chi connectivity index (χ2v) is 7.23. The van der Waals surface area contributed by atoms with E-state index in [-0.39, 0.29) is 25.4 Å². The van der Waals surface area contributed by atoms with Gasteiger partial charge in [0, 0.05) is 30.2 Å². The predicted octanol–water partition coefficient (Wildman–Crippen LogP) is 1.63. The fourth-order valence-corrected chi connectivity index (χ4v) is 2.99. The minimum atomic E-state index is -3.80. The van der Waals surface area contributed by atoms with E-state index < -0.39 is 25.9 Å². The van der Waals surface area contributed by atoms with Crippen molar-refractivity contribution in [1.82, 2.24) is 4.90 Å². The van der Waals surface area contributed by atoms with E-state index in [2.05, 4.69) is 0 Å². The highest BCUT2D eigenvalue weighted by molar-refractivity contribution is 8.14. The fourth-order valence-electron chi connectivity index (χ4n) is 1.94. The Morgan fingerprint density at radius 2 is 2.00 bits per heavy atom. The molecule has 1 aliphatic rings. The lowest BCUT2D eigenvalue weighted by Crippen LogP contribution is -2.26. The summed E-state index contributed by atoms with van der Waals surface area (Å²) in [5, 5.41) is -0.952. The Kier molecular flexibility index (Phi) is 3.78. The first kappa shape index (κ1) is 14.2. The Balaban J connectivity index is 2.12. The molecule has 1 fully saturated rings. The largest absolute Gasteiger partial charge is 0.337 e. The first-order chi connectivity index (χ1) is 8.77. The van der Waals surface area contributed by atoms with Crippen LogP contribution in [0, 0.1) is 11.6 Å². The Labute approximate surface area is 113 Å². The number of likely N-dealkylation sites (tertiary alicyclic amines) is 1. The van der Waals surface area contributed by atoms with E-state index >= 15 is 0 Å². The van der Waals surface area contributed by atoms with Crippen LogP contribution in [0.2, 0.25) is 0 Å². The molecule has 1 aromatic carbocycles. The van der Waals surface area contributed by atoms with Crippen LogP contribution in [-0.2, 0) is 20.4 Å². The summed E-state index contributed by atoms with van der Waals surface area (Å²) in [6, 6.07) is 3.28. The molecule has 1 aromatic rings. The molecule has 0 saturated carbocycles. The van der Waals surface area contributed by atoms with Crippen molar-refractivity contribution in [1.29, 1.82) is 0 Å². The van der Waals surface area contributed by atoms with E-state index in [0.717, 1.165) is 12.1 Å². The smallest absolute Gasteiger partial charge is 0.237 e. The number of hydrogen-bond acceptors (Lipinski definition) is 3. The summed E-state index contributed by atoms with van der Waals surface area (Å²) in [5.41, 5.74) is 0.389.